The Morgan fingerprint density at radius 3 is 2.83 bits per heavy atom. The van der Waals surface area contributed by atoms with Crippen molar-refractivity contribution in [3.8, 4) is 6.07 Å². The van der Waals surface area contributed by atoms with Crippen LogP contribution in [0.15, 0.2) is 29.1 Å². The van der Waals surface area contributed by atoms with Crippen molar-refractivity contribution in [2.45, 2.75) is 20.1 Å². The number of aromatic nitrogens is 1. The molecular weight excluding hydrogens is 330 g/mol. The van der Waals surface area contributed by atoms with Gasteiger partial charge in [-0.3, -0.25) is 9.36 Å². The highest BCUT2D eigenvalue weighted by Gasteiger charge is 2.13. The maximum Gasteiger partial charge on any atom is 0.349 e. The summed E-state index contributed by atoms with van der Waals surface area (Å²) in [6.07, 6.45) is 1.47. The summed E-state index contributed by atoms with van der Waals surface area (Å²) in [4.78, 5) is 23.5. The molecule has 1 aromatic carbocycles. The van der Waals surface area contributed by atoms with Gasteiger partial charge < -0.3 is 15.5 Å². The molecule has 124 valence electrons. The first-order valence-electron chi connectivity index (χ1n) is 7.05. The molecule has 3 N–H and O–H groups in total. The molecule has 0 fully saturated rings. The molecule has 0 aliphatic carbocycles. The van der Waals surface area contributed by atoms with Crippen LogP contribution in [0.1, 0.15) is 12.5 Å². The van der Waals surface area contributed by atoms with E-state index in [4.69, 9.17) is 15.5 Å². The minimum absolute atomic E-state index is 0.0968. The van der Waals surface area contributed by atoms with Crippen LogP contribution in [0.5, 0.6) is 0 Å². The number of carboxylic acids is 1. The summed E-state index contributed by atoms with van der Waals surface area (Å²) in [5.74, 6) is -1.36. The minimum Gasteiger partial charge on any atom is -0.477 e. The number of aliphatic hydroxyl groups is 1. The van der Waals surface area contributed by atoms with Crippen molar-refractivity contribution in [3.05, 3.63) is 49.4 Å². The van der Waals surface area contributed by atoms with E-state index in [0.717, 1.165) is 16.9 Å². The summed E-state index contributed by atoms with van der Waals surface area (Å²) in [5, 5.41) is 30.2. The molecule has 0 aliphatic rings. The van der Waals surface area contributed by atoms with Crippen molar-refractivity contribution < 1.29 is 15.0 Å². The van der Waals surface area contributed by atoms with Crippen LogP contribution in [-0.4, -0.2) is 20.7 Å². The maximum absolute atomic E-state index is 12.4. The summed E-state index contributed by atoms with van der Waals surface area (Å²) in [7, 11) is 0. The molecule has 0 spiro atoms. The number of carbonyl (C=O) groups is 1. The second kappa shape index (κ2) is 7.59. The fourth-order valence-corrected chi connectivity index (χ4v) is 3.17. The van der Waals surface area contributed by atoms with Crippen LogP contribution >= 0.6 is 11.3 Å². The first kappa shape index (κ1) is 17.5. The van der Waals surface area contributed by atoms with Crippen LogP contribution in [0.2, 0.25) is 0 Å². The number of carboxylic acid groups (broad SMARTS) is 1. The Morgan fingerprint density at radius 2 is 2.25 bits per heavy atom. The molecule has 0 bridgehead atoms. The minimum atomic E-state index is -1.36. The third-order valence-electron chi connectivity index (χ3n) is 3.24. The van der Waals surface area contributed by atoms with Gasteiger partial charge in [0.15, 0.2) is 5.57 Å². The lowest BCUT2D eigenvalue weighted by Gasteiger charge is -2.01. The molecule has 24 heavy (non-hydrogen) atoms. The van der Waals surface area contributed by atoms with Crippen LogP contribution in [0, 0.1) is 11.3 Å². The number of hydrogen-bond acceptors (Lipinski definition) is 6. The van der Waals surface area contributed by atoms with Crippen molar-refractivity contribution in [1.82, 2.24) is 4.57 Å². The number of nitriles is 1. The van der Waals surface area contributed by atoms with Crippen molar-refractivity contribution in [3.63, 3.8) is 0 Å². The maximum atomic E-state index is 12.4. The molecule has 0 saturated heterocycles. The molecule has 0 amide bonds. The van der Waals surface area contributed by atoms with Crippen molar-refractivity contribution in [2.75, 3.05) is 5.32 Å². The monoisotopic (exact) mass is 345 g/mol. The van der Waals surface area contributed by atoms with E-state index in [1.165, 1.54) is 10.8 Å². The van der Waals surface area contributed by atoms with E-state index < -0.39 is 11.5 Å². The molecule has 7 nitrogen and oxygen atoms in total. The molecule has 0 unspecified atom stereocenters. The largest absolute Gasteiger partial charge is 0.477 e. The van der Waals surface area contributed by atoms with E-state index >= 15 is 0 Å². The van der Waals surface area contributed by atoms with Crippen LogP contribution < -0.4 is 20.1 Å². The lowest BCUT2D eigenvalue weighted by atomic mass is 10.2. The van der Waals surface area contributed by atoms with Gasteiger partial charge in [-0.15, -0.1) is 11.3 Å². The molecular formula is C16H15N3O4S. The molecule has 0 radical (unpaired) electrons. The second-order valence-corrected chi connectivity index (χ2v) is 5.79. The van der Waals surface area contributed by atoms with Gasteiger partial charge >= 0.3 is 5.97 Å². The highest BCUT2D eigenvalue weighted by Crippen LogP contribution is 2.10. The van der Waals surface area contributed by atoms with Gasteiger partial charge in [0.1, 0.15) is 15.3 Å². The van der Waals surface area contributed by atoms with E-state index in [2.05, 4.69) is 5.32 Å². The van der Waals surface area contributed by atoms with E-state index in [-0.39, 0.29) is 27.9 Å². The van der Waals surface area contributed by atoms with Crippen LogP contribution in [0.3, 0.4) is 0 Å². The molecule has 0 atom stereocenters. The van der Waals surface area contributed by atoms with Crippen molar-refractivity contribution in [1.29, 1.82) is 5.26 Å². The number of nitrogens with zero attached hydrogens (tertiary/aromatic N) is 2. The van der Waals surface area contributed by atoms with Crippen LogP contribution in [-0.2, 0) is 17.9 Å². The fraction of sp³-hybridized carbons (Fsp3) is 0.188. The third kappa shape index (κ3) is 3.53. The van der Waals surface area contributed by atoms with Gasteiger partial charge in [0.2, 0.25) is 0 Å². The van der Waals surface area contributed by atoms with Crippen molar-refractivity contribution in [2.24, 2.45) is 0 Å². The summed E-state index contributed by atoms with van der Waals surface area (Å²) in [6.45, 7) is 1.87. The molecule has 1 aromatic heterocycles. The fourth-order valence-electron chi connectivity index (χ4n) is 2.09. The molecule has 8 heteroatoms. The van der Waals surface area contributed by atoms with Crippen molar-refractivity contribution >= 4 is 34.8 Å². The summed E-state index contributed by atoms with van der Waals surface area (Å²) in [6, 6.07) is 8.65. The number of aliphatic carboxylic acids is 1. The quantitative estimate of drug-likeness (QED) is 0.704. The predicted molar refractivity (Wildman–Crippen MR) is 90.6 cm³/mol. The Labute approximate surface area is 141 Å². The van der Waals surface area contributed by atoms with E-state index in [1.807, 2.05) is 0 Å². The number of rotatable bonds is 5. The van der Waals surface area contributed by atoms with Crippen LogP contribution in [0.25, 0.3) is 11.8 Å². The summed E-state index contributed by atoms with van der Waals surface area (Å²) >= 11 is 0.944. The topological polar surface area (TPSA) is 115 Å². The molecule has 0 aliphatic heterocycles. The summed E-state index contributed by atoms with van der Waals surface area (Å²) < 4.78 is 1.67. The van der Waals surface area contributed by atoms with Gasteiger partial charge in [0, 0.05) is 18.4 Å². The average molecular weight is 345 g/mol. The van der Waals surface area contributed by atoms with Crippen LogP contribution in [0.4, 0.5) is 5.69 Å². The Kier molecular flexibility index (Phi) is 5.52. The van der Waals surface area contributed by atoms with E-state index in [1.54, 1.807) is 37.3 Å². The highest BCUT2D eigenvalue weighted by molar-refractivity contribution is 7.07. The molecule has 1 heterocycles. The second-order valence-electron chi connectivity index (χ2n) is 4.76. The number of aliphatic hydroxyl groups excluding tert-OH is 1. The zero-order valence-corrected chi connectivity index (χ0v) is 13.6. The molecule has 2 aromatic rings. The van der Waals surface area contributed by atoms with Gasteiger partial charge in [-0.05, 0) is 24.6 Å². The lowest BCUT2D eigenvalue weighted by Crippen LogP contribution is -2.32. The first-order valence-corrected chi connectivity index (χ1v) is 7.87. The number of hydrogen-bond donors (Lipinski definition) is 3. The van der Waals surface area contributed by atoms with Gasteiger partial charge in [-0.1, -0.05) is 12.1 Å². The Bertz CT molecular complexity index is 982. The Hall–Kier alpha value is -2.89. The Morgan fingerprint density at radius 1 is 1.50 bits per heavy atom. The highest BCUT2D eigenvalue weighted by atomic mass is 32.1. The van der Waals surface area contributed by atoms with Gasteiger partial charge in [0.05, 0.1) is 6.61 Å². The number of thiazole rings is 1. The normalized spacial score (nSPS) is 12.6. The summed E-state index contributed by atoms with van der Waals surface area (Å²) in [5.41, 5.74) is 0.581. The van der Waals surface area contributed by atoms with E-state index in [0.29, 0.717) is 5.69 Å². The molecule has 0 saturated carbocycles. The zero-order valence-electron chi connectivity index (χ0n) is 12.8. The first-order chi connectivity index (χ1) is 11.5. The van der Waals surface area contributed by atoms with Gasteiger partial charge in [0.25, 0.3) is 5.56 Å². The van der Waals surface area contributed by atoms with Gasteiger partial charge in [-0.2, -0.15) is 5.26 Å². The SMILES string of the molecule is CCn1c(=C(C#N)C(=O)O)sc(=CNc2cccc(CO)c2)c1=O. The standard InChI is InChI=1S/C16H15N3O4S/c1-2-19-14(21)13(24-15(19)12(7-17)16(22)23)8-18-11-5-3-4-10(6-11)9-20/h3-6,8,18,20H,2,9H2,1H3,(H,22,23). The smallest absolute Gasteiger partial charge is 0.349 e. The number of anilines is 1. The third-order valence-corrected chi connectivity index (χ3v) is 4.37. The predicted octanol–water partition coefficient (Wildman–Crippen LogP) is 0.0310. The zero-order chi connectivity index (χ0) is 17.7. The number of nitrogens with one attached hydrogen (secondary N) is 1. The van der Waals surface area contributed by atoms with E-state index in [9.17, 15) is 9.59 Å². The number of benzene rings is 1. The average Bonchev–Trinajstić information content (AvgIpc) is 2.89. The van der Waals surface area contributed by atoms with Gasteiger partial charge in [-0.25, -0.2) is 4.79 Å². The lowest BCUT2D eigenvalue weighted by molar-refractivity contribution is -0.130. The molecule has 2 rings (SSSR count). The Balaban J connectivity index is 2.56.